The molecule has 396 valence electrons. The predicted molar refractivity (Wildman–Crippen MR) is 282 cm³/mol. The van der Waals surface area contributed by atoms with Gasteiger partial charge >= 0.3 is 11.9 Å². The molecule has 0 fully saturated rings. The zero-order valence-corrected chi connectivity index (χ0v) is 46.5. The van der Waals surface area contributed by atoms with E-state index in [1.54, 1.807) is 41.2 Å². The molecule has 0 aliphatic rings. The molecule has 0 saturated carbocycles. The van der Waals surface area contributed by atoms with Crippen molar-refractivity contribution < 1.29 is 67.9 Å². The van der Waals surface area contributed by atoms with Crippen molar-refractivity contribution in [1.29, 1.82) is 0 Å². The number of halogens is 2. The molecule has 3 aromatic rings. The van der Waals surface area contributed by atoms with Crippen molar-refractivity contribution in [2.45, 2.75) is 87.4 Å². The topological polar surface area (TPSA) is 183 Å². The molecule has 3 unspecified atom stereocenters. The van der Waals surface area contributed by atoms with Crippen molar-refractivity contribution in [3.63, 3.8) is 0 Å². The lowest BCUT2D eigenvalue weighted by molar-refractivity contribution is -0.941. The van der Waals surface area contributed by atoms with Crippen LogP contribution in [0.4, 0.5) is 0 Å². The van der Waals surface area contributed by atoms with Crippen molar-refractivity contribution in [3.05, 3.63) is 99.2 Å². The monoisotopic (exact) mass is 1020 g/mol. The molecule has 3 rings (SSSR count). The Morgan fingerprint density at radius 3 is 1.30 bits per heavy atom. The fourth-order valence-corrected chi connectivity index (χ4v) is 6.35. The summed E-state index contributed by atoms with van der Waals surface area (Å²) in [5, 5.41) is 54.1. The number of benzene rings is 3. The number of aliphatic hydroxyl groups is 4. The SMILES string of the molecule is C=C(O)C(C)CC.CCC(C)C(=O)O.CCC(C)C(=O)O.COc1cc(C[N+](C)(C)C)cc(OC)c1OC.C[N+](C)(C)Cc1ccc(Cl)cc1Cl.Cc1ccccc1C[N+](CCO)(CCO)CCO. The normalized spacial score (nSPS) is 12.1. The lowest BCUT2D eigenvalue weighted by atomic mass is 10.1. The molecule has 0 bridgehead atoms. The zero-order valence-electron chi connectivity index (χ0n) is 44.9. The van der Waals surface area contributed by atoms with Crippen LogP contribution in [0.25, 0.3) is 0 Å². The summed E-state index contributed by atoms with van der Waals surface area (Å²) in [5.74, 6) is 0.832. The number of rotatable bonds is 21. The second kappa shape index (κ2) is 36.8. The Balaban J connectivity index is -0.000000794. The minimum absolute atomic E-state index is 0.0614. The van der Waals surface area contributed by atoms with Gasteiger partial charge in [0, 0.05) is 27.6 Å². The van der Waals surface area contributed by atoms with Gasteiger partial charge < -0.3 is 58.3 Å². The summed E-state index contributed by atoms with van der Waals surface area (Å²) in [7, 11) is 17.7. The number of carboxylic acids is 2. The van der Waals surface area contributed by atoms with E-state index in [9.17, 15) is 24.9 Å². The van der Waals surface area contributed by atoms with Crippen LogP contribution < -0.4 is 14.2 Å². The molecule has 69 heavy (non-hydrogen) atoms. The van der Waals surface area contributed by atoms with Gasteiger partial charge in [-0.1, -0.05) is 102 Å². The third-order valence-electron chi connectivity index (χ3n) is 10.8. The van der Waals surface area contributed by atoms with Crippen LogP contribution in [0.15, 0.2) is 66.9 Å². The van der Waals surface area contributed by atoms with E-state index < -0.39 is 11.9 Å². The number of ether oxygens (including phenoxy) is 3. The summed E-state index contributed by atoms with van der Waals surface area (Å²) in [6, 6.07) is 17.7. The quantitative estimate of drug-likeness (QED) is 0.0441. The van der Waals surface area contributed by atoms with Crippen LogP contribution >= 0.6 is 23.2 Å². The zero-order chi connectivity index (χ0) is 54.1. The van der Waals surface area contributed by atoms with Crippen LogP contribution in [-0.2, 0) is 29.2 Å². The van der Waals surface area contributed by atoms with Crippen molar-refractivity contribution in [2.75, 3.05) is 103 Å². The van der Waals surface area contributed by atoms with Gasteiger partial charge in [-0.2, -0.15) is 0 Å². The number of allylic oxidation sites excluding steroid dienone is 1. The largest absolute Gasteiger partial charge is 0.513 e. The lowest BCUT2D eigenvalue weighted by Gasteiger charge is -2.37. The molecule has 0 heterocycles. The number of aliphatic carboxylic acids is 2. The Morgan fingerprint density at radius 1 is 0.609 bits per heavy atom. The van der Waals surface area contributed by atoms with E-state index in [-0.39, 0.29) is 37.6 Å². The maximum absolute atomic E-state index is 9.93. The van der Waals surface area contributed by atoms with Gasteiger partial charge in [0.05, 0.1) is 106 Å². The molecule has 0 radical (unpaired) electrons. The first-order valence-corrected chi connectivity index (χ1v) is 24.2. The fraction of sp³-hybridized carbons (Fsp3) is 0.585. The van der Waals surface area contributed by atoms with Crippen LogP contribution in [0.5, 0.6) is 17.2 Å². The predicted octanol–water partition coefficient (Wildman–Crippen LogP) is 9.75. The molecule has 0 aliphatic carbocycles. The molecule has 6 N–H and O–H groups in total. The average Bonchev–Trinajstić information content (AvgIpc) is 3.27. The molecule has 0 aliphatic heterocycles. The molecule has 3 atom stereocenters. The van der Waals surface area contributed by atoms with E-state index in [2.05, 4.69) is 67.9 Å². The maximum atomic E-state index is 9.93. The smallest absolute Gasteiger partial charge is 0.306 e. The highest BCUT2D eigenvalue weighted by molar-refractivity contribution is 6.35. The number of hydrogen-bond donors (Lipinski definition) is 6. The Hall–Kier alpha value is -4.12. The van der Waals surface area contributed by atoms with E-state index in [1.165, 1.54) is 11.1 Å². The summed E-state index contributed by atoms with van der Waals surface area (Å²) in [6.07, 6.45) is 2.40. The highest BCUT2D eigenvalue weighted by atomic mass is 35.5. The molecule has 0 aromatic heterocycles. The number of nitrogens with zero attached hydrogens (tertiary/aromatic N) is 3. The Labute approximate surface area is 426 Å². The third kappa shape index (κ3) is 32.4. The first-order chi connectivity index (χ1) is 32.0. The Kier molecular flexibility index (Phi) is 36.8. The number of carboxylic acid groups (broad SMARTS) is 2. The molecule has 3 aromatic carbocycles. The highest BCUT2D eigenvalue weighted by Gasteiger charge is 2.27. The van der Waals surface area contributed by atoms with Crippen molar-refractivity contribution in [2.24, 2.45) is 17.8 Å². The first-order valence-electron chi connectivity index (χ1n) is 23.4. The molecular weight excluding hydrogens is 925 g/mol. The summed E-state index contributed by atoms with van der Waals surface area (Å²) in [4.78, 5) is 19.9. The van der Waals surface area contributed by atoms with Gasteiger partial charge in [-0.25, -0.2) is 0 Å². The standard InChI is InChI=1S/C14H24NO3.C13H22NO3.C10H14Cl2N.C6H12O.2C5H10O2/c1-13-4-2-3-5-14(13)12-15(6-9-16,7-10-17)8-11-18;1-14(2,3)9-10-7-11(15-4)13(17-6)12(8-10)16-5;1-13(2,3)7-8-4-5-9(11)6-10(8)12;1-4-5(2)6(3)7;2*1-3-4(2)5(6)7/h2-5,16-18H,6-12H2,1H3;7-8H,9H2,1-6H3;4-6H,7H2,1-3H3;5,7H,3-4H2,1-2H3;2*4H,3H2,1-2H3,(H,6,7)/q3*+1;;;. The van der Waals surface area contributed by atoms with E-state index >= 15 is 0 Å². The van der Waals surface area contributed by atoms with E-state index in [1.807, 2.05) is 64.1 Å². The van der Waals surface area contributed by atoms with Crippen LogP contribution in [0.2, 0.25) is 10.0 Å². The van der Waals surface area contributed by atoms with Crippen LogP contribution in [0, 0.1) is 24.7 Å². The number of carbonyl (C=O) groups is 2. The van der Waals surface area contributed by atoms with Crippen molar-refractivity contribution >= 4 is 35.1 Å². The minimum Gasteiger partial charge on any atom is -0.513 e. The summed E-state index contributed by atoms with van der Waals surface area (Å²) in [6.45, 7) is 20.9. The Morgan fingerprint density at radius 2 is 1.03 bits per heavy atom. The van der Waals surface area contributed by atoms with Gasteiger partial charge in [0.2, 0.25) is 5.75 Å². The van der Waals surface area contributed by atoms with E-state index in [4.69, 9.17) is 52.7 Å². The van der Waals surface area contributed by atoms with Gasteiger partial charge in [-0.05, 0) is 56.0 Å². The van der Waals surface area contributed by atoms with Gasteiger partial charge in [0.25, 0.3) is 0 Å². The Bertz CT molecular complexity index is 1790. The summed E-state index contributed by atoms with van der Waals surface area (Å²) in [5.41, 5.74) is 4.70. The first kappa shape index (κ1) is 69.1. The molecular formula is C53H92Cl2N3O11+3. The molecule has 14 nitrogen and oxygen atoms in total. The van der Waals surface area contributed by atoms with Gasteiger partial charge in [0.15, 0.2) is 11.5 Å². The number of hydrogen-bond acceptors (Lipinski definition) is 9. The third-order valence-corrected chi connectivity index (χ3v) is 11.4. The van der Waals surface area contributed by atoms with Crippen molar-refractivity contribution in [3.8, 4) is 17.2 Å². The van der Waals surface area contributed by atoms with Gasteiger partial charge in [0.1, 0.15) is 39.3 Å². The average molecular weight is 1020 g/mol. The van der Waals surface area contributed by atoms with E-state index in [0.29, 0.717) is 52.1 Å². The van der Waals surface area contributed by atoms with Crippen LogP contribution in [0.1, 0.15) is 83.1 Å². The molecule has 0 spiro atoms. The molecule has 0 saturated heterocycles. The van der Waals surface area contributed by atoms with E-state index in [0.717, 1.165) is 64.0 Å². The lowest BCUT2D eigenvalue weighted by Crippen LogP contribution is -2.52. The molecule has 0 amide bonds. The van der Waals surface area contributed by atoms with Crippen molar-refractivity contribution in [1.82, 2.24) is 0 Å². The van der Waals surface area contributed by atoms with Crippen LogP contribution in [-0.4, -0.2) is 159 Å². The number of methoxy groups -OCH3 is 3. The minimum atomic E-state index is -0.706. The number of aryl methyl sites for hydroxylation is 1. The number of quaternary nitrogens is 3. The highest BCUT2D eigenvalue weighted by Crippen LogP contribution is 2.38. The second-order valence-electron chi connectivity index (χ2n) is 19.0. The molecule has 16 heteroatoms. The maximum Gasteiger partial charge on any atom is 0.306 e. The van der Waals surface area contributed by atoms with Crippen LogP contribution in [0.3, 0.4) is 0 Å². The number of aliphatic hydroxyl groups excluding tert-OH is 4. The van der Waals surface area contributed by atoms with Gasteiger partial charge in [-0.3, -0.25) is 9.59 Å². The summed E-state index contributed by atoms with van der Waals surface area (Å²) >= 11 is 11.8. The summed E-state index contributed by atoms with van der Waals surface area (Å²) < 4.78 is 18.2. The van der Waals surface area contributed by atoms with Gasteiger partial charge in [-0.15, -0.1) is 0 Å². The fourth-order valence-electron chi connectivity index (χ4n) is 5.88. The second-order valence-corrected chi connectivity index (χ2v) is 19.9.